The summed E-state index contributed by atoms with van der Waals surface area (Å²) in [6, 6.07) is 7.84. The first-order valence-corrected chi connectivity index (χ1v) is 5.66. The first-order chi connectivity index (χ1) is 7.69. The smallest absolute Gasteiger partial charge is 0.0991 e. The third-order valence-electron chi connectivity index (χ3n) is 2.41. The normalized spacial score (nSPS) is 10.1. The Hall–Kier alpha value is -1.60. The van der Waals surface area contributed by atoms with Crippen LogP contribution in [-0.4, -0.2) is 9.78 Å². The molecule has 0 atom stereocenters. The maximum absolute atomic E-state index is 8.77. The molecule has 0 amide bonds. The van der Waals surface area contributed by atoms with E-state index in [1.54, 1.807) is 6.20 Å². The molecule has 0 aliphatic carbocycles. The highest BCUT2D eigenvalue weighted by molar-refractivity contribution is 9.10. The molecule has 0 aliphatic heterocycles. The third kappa shape index (κ3) is 2.31. The van der Waals surface area contributed by atoms with E-state index in [-0.39, 0.29) is 0 Å². The molecule has 2 rings (SSSR count). The molecular weight excluding hydrogens is 266 g/mol. The molecule has 80 valence electrons. The summed E-state index contributed by atoms with van der Waals surface area (Å²) in [6.07, 6.45) is 3.69. The number of hydrogen-bond donors (Lipinski definition) is 0. The zero-order valence-corrected chi connectivity index (χ0v) is 10.4. The van der Waals surface area contributed by atoms with Crippen LogP contribution in [0.5, 0.6) is 0 Å². The predicted molar refractivity (Wildman–Crippen MR) is 64.9 cm³/mol. The van der Waals surface area contributed by atoms with Gasteiger partial charge in [-0.1, -0.05) is 6.07 Å². The lowest BCUT2D eigenvalue weighted by Gasteiger charge is -2.06. The van der Waals surface area contributed by atoms with E-state index >= 15 is 0 Å². The number of aryl methyl sites for hydroxylation is 1. The van der Waals surface area contributed by atoms with E-state index in [9.17, 15) is 0 Å². The van der Waals surface area contributed by atoms with Crippen molar-refractivity contribution in [1.82, 2.24) is 9.78 Å². The monoisotopic (exact) mass is 275 g/mol. The van der Waals surface area contributed by atoms with Crippen LogP contribution in [0.4, 0.5) is 0 Å². The van der Waals surface area contributed by atoms with Crippen LogP contribution in [0, 0.1) is 18.3 Å². The minimum Gasteiger partial charge on any atom is -0.267 e. The van der Waals surface area contributed by atoms with Crippen molar-refractivity contribution >= 4 is 15.9 Å². The fourth-order valence-electron chi connectivity index (χ4n) is 1.54. The number of benzene rings is 1. The maximum Gasteiger partial charge on any atom is 0.0991 e. The highest BCUT2D eigenvalue weighted by Crippen LogP contribution is 2.13. The van der Waals surface area contributed by atoms with Crippen molar-refractivity contribution < 1.29 is 0 Å². The Kier molecular flexibility index (Phi) is 3.07. The van der Waals surface area contributed by atoms with Crippen molar-refractivity contribution in [3.8, 4) is 6.07 Å². The van der Waals surface area contributed by atoms with E-state index < -0.39 is 0 Å². The standard InChI is InChI=1S/C12H10BrN3/c1-9-4-10(5-14)2-3-11(9)7-16-8-12(13)6-15-16/h2-4,6,8H,7H2,1H3. The quantitative estimate of drug-likeness (QED) is 0.846. The number of aromatic nitrogens is 2. The van der Waals surface area contributed by atoms with Gasteiger partial charge in [-0.05, 0) is 46.1 Å². The highest BCUT2D eigenvalue weighted by atomic mass is 79.9. The molecule has 0 saturated heterocycles. The van der Waals surface area contributed by atoms with Crippen molar-refractivity contribution in [2.24, 2.45) is 0 Å². The van der Waals surface area contributed by atoms with Gasteiger partial charge in [-0.3, -0.25) is 4.68 Å². The lowest BCUT2D eigenvalue weighted by atomic mass is 10.1. The molecule has 16 heavy (non-hydrogen) atoms. The Morgan fingerprint density at radius 2 is 2.31 bits per heavy atom. The molecule has 0 aliphatic rings. The first kappa shape index (κ1) is 10.9. The highest BCUT2D eigenvalue weighted by Gasteiger charge is 2.02. The first-order valence-electron chi connectivity index (χ1n) is 4.86. The summed E-state index contributed by atoms with van der Waals surface area (Å²) in [4.78, 5) is 0. The Bertz CT molecular complexity index is 552. The summed E-state index contributed by atoms with van der Waals surface area (Å²) in [6.45, 7) is 2.73. The van der Waals surface area contributed by atoms with Crippen LogP contribution >= 0.6 is 15.9 Å². The molecule has 0 spiro atoms. The fraction of sp³-hybridized carbons (Fsp3) is 0.167. The molecule has 4 heteroatoms. The van der Waals surface area contributed by atoms with Crippen LogP contribution in [-0.2, 0) is 6.54 Å². The summed E-state index contributed by atoms with van der Waals surface area (Å²) in [7, 11) is 0. The SMILES string of the molecule is Cc1cc(C#N)ccc1Cn1cc(Br)cn1. The van der Waals surface area contributed by atoms with Crippen LogP contribution in [0.3, 0.4) is 0 Å². The molecule has 0 unspecified atom stereocenters. The second-order valence-corrected chi connectivity index (χ2v) is 4.52. The molecule has 1 aromatic carbocycles. The molecule has 3 nitrogen and oxygen atoms in total. The molecule has 1 heterocycles. The summed E-state index contributed by atoms with van der Waals surface area (Å²) in [5.41, 5.74) is 2.99. The van der Waals surface area contributed by atoms with Crippen LogP contribution < -0.4 is 0 Å². The summed E-state index contributed by atoms with van der Waals surface area (Å²) in [5, 5.41) is 13.0. The zero-order valence-electron chi connectivity index (χ0n) is 8.81. The van der Waals surface area contributed by atoms with Crippen LogP contribution in [0.1, 0.15) is 16.7 Å². The van der Waals surface area contributed by atoms with Gasteiger partial charge in [0.25, 0.3) is 0 Å². The van der Waals surface area contributed by atoms with Crippen molar-refractivity contribution in [2.75, 3.05) is 0 Å². The van der Waals surface area contributed by atoms with Gasteiger partial charge in [0, 0.05) is 6.20 Å². The van der Waals surface area contributed by atoms with Gasteiger partial charge in [-0.15, -0.1) is 0 Å². The largest absolute Gasteiger partial charge is 0.267 e. The summed E-state index contributed by atoms with van der Waals surface area (Å²) < 4.78 is 2.83. The van der Waals surface area contributed by atoms with E-state index in [1.165, 1.54) is 5.56 Å². The molecular formula is C12H10BrN3. The molecule has 1 aromatic heterocycles. The van der Waals surface area contributed by atoms with Crippen molar-refractivity contribution in [3.05, 3.63) is 51.8 Å². The number of nitriles is 1. The van der Waals surface area contributed by atoms with Gasteiger partial charge in [-0.25, -0.2) is 0 Å². The lowest BCUT2D eigenvalue weighted by molar-refractivity contribution is 0.684. The van der Waals surface area contributed by atoms with E-state index in [2.05, 4.69) is 27.1 Å². The summed E-state index contributed by atoms with van der Waals surface area (Å²) >= 11 is 3.36. The molecule has 2 aromatic rings. The molecule has 0 bridgehead atoms. The minimum absolute atomic E-state index is 0.697. The Balaban J connectivity index is 2.26. The van der Waals surface area contributed by atoms with Crippen molar-refractivity contribution in [1.29, 1.82) is 5.26 Å². The lowest BCUT2D eigenvalue weighted by Crippen LogP contribution is -2.01. The maximum atomic E-state index is 8.77. The average Bonchev–Trinajstić information content (AvgIpc) is 2.67. The zero-order chi connectivity index (χ0) is 11.5. The van der Waals surface area contributed by atoms with Gasteiger partial charge < -0.3 is 0 Å². The number of nitrogens with zero attached hydrogens (tertiary/aromatic N) is 3. The minimum atomic E-state index is 0.697. The fourth-order valence-corrected chi connectivity index (χ4v) is 1.87. The molecule has 0 fully saturated rings. The number of rotatable bonds is 2. The van der Waals surface area contributed by atoms with Crippen molar-refractivity contribution in [3.63, 3.8) is 0 Å². The third-order valence-corrected chi connectivity index (χ3v) is 2.82. The molecule has 0 saturated carbocycles. The van der Waals surface area contributed by atoms with Crippen LogP contribution in [0.2, 0.25) is 0 Å². The Morgan fingerprint density at radius 3 is 2.88 bits per heavy atom. The van der Waals surface area contributed by atoms with Crippen LogP contribution in [0.25, 0.3) is 0 Å². The second-order valence-electron chi connectivity index (χ2n) is 3.61. The van der Waals surface area contributed by atoms with Gasteiger partial charge in [-0.2, -0.15) is 10.4 Å². The van der Waals surface area contributed by atoms with E-state index in [0.29, 0.717) is 5.56 Å². The van der Waals surface area contributed by atoms with Gasteiger partial charge in [0.2, 0.25) is 0 Å². The number of hydrogen-bond acceptors (Lipinski definition) is 2. The van der Waals surface area contributed by atoms with Gasteiger partial charge >= 0.3 is 0 Å². The Morgan fingerprint density at radius 1 is 1.50 bits per heavy atom. The van der Waals surface area contributed by atoms with E-state index in [0.717, 1.165) is 16.6 Å². The van der Waals surface area contributed by atoms with E-state index in [4.69, 9.17) is 5.26 Å². The average molecular weight is 276 g/mol. The van der Waals surface area contributed by atoms with Gasteiger partial charge in [0.1, 0.15) is 0 Å². The second kappa shape index (κ2) is 4.50. The Labute approximate surface area is 102 Å². The van der Waals surface area contributed by atoms with Crippen molar-refractivity contribution in [2.45, 2.75) is 13.5 Å². The van der Waals surface area contributed by atoms with Gasteiger partial charge in [0.05, 0.1) is 28.8 Å². The van der Waals surface area contributed by atoms with Crippen LogP contribution in [0.15, 0.2) is 35.1 Å². The van der Waals surface area contributed by atoms with Gasteiger partial charge in [0.15, 0.2) is 0 Å². The predicted octanol–water partition coefficient (Wildman–Crippen LogP) is 2.87. The van der Waals surface area contributed by atoms with E-state index in [1.807, 2.05) is 36.0 Å². The molecule has 0 N–H and O–H groups in total. The molecule has 0 radical (unpaired) electrons. The number of halogens is 1. The topological polar surface area (TPSA) is 41.6 Å². The summed E-state index contributed by atoms with van der Waals surface area (Å²) in [5.74, 6) is 0.